The van der Waals surface area contributed by atoms with E-state index in [2.05, 4.69) is 10.5 Å². The van der Waals surface area contributed by atoms with Gasteiger partial charge in [-0.1, -0.05) is 18.2 Å². The average Bonchev–Trinajstić information content (AvgIpc) is 2.65. The molecule has 3 rings (SSSR count). The van der Waals surface area contributed by atoms with E-state index in [4.69, 9.17) is 14.9 Å². The van der Waals surface area contributed by atoms with Crippen molar-refractivity contribution in [2.45, 2.75) is 0 Å². The van der Waals surface area contributed by atoms with Gasteiger partial charge in [0.25, 0.3) is 11.8 Å². The molecule has 7 nitrogen and oxygen atoms in total. The molecule has 126 valence electrons. The lowest BCUT2D eigenvalue weighted by molar-refractivity contribution is 0.0946. The van der Waals surface area contributed by atoms with Crippen LogP contribution < -0.4 is 21.5 Å². The van der Waals surface area contributed by atoms with E-state index in [1.54, 1.807) is 48.5 Å². The molecule has 0 spiro atoms. The minimum absolute atomic E-state index is 0.0620. The molecule has 2 aromatic carbocycles. The van der Waals surface area contributed by atoms with Crippen molar-refractivity contribution in [3.63, 3.8) is 0 Å². The van der Waals surface area contributed by atoms with Gasteiger partial charge < -0.3 is 14.9 Å². The van der Waals surface area contributed by atoms with Crippen LogP contribution in [0.4, 0.5) is 0 Å². The van der Waals surface area contributed by atoms with E-state index in [0.717, 1.165) is 0 Å². The molecule has 0 radical (unpaired) electrons. The third-order valence-electron chi connectivity index (χ3n) is 3.53. The van der Waals surface area contributed by atoms with Gasteiger partial charge in [0.2, 0.25) is 5.55 Å². The number of methoxy groups -OCH3 is 1. The zero-order valence-electron chi connectivity index (χ0n) is 13.4. The van der Waals surface area contributed by atoms with Crippen LogP contribution in [0.15, 0.2) is 64.1 Å². The summed E-state index contributed by atoms with van der Waals surface area (Å²) in [6.45, 7) is 0. The summed E-state index contributed by atoms with van der Waals surface area (Å²) < 4.78 is 10.6. The number of benzene rings is 2. The second-order valence-electron chi connectivity index (χ2n) is 5.15. The number of primary amides is 1. The van der Waals surface area contributed by atoms with Crippen molar-refractivity contribution in [3.05, 3.63) is 71.3 Å². The van der Waals surface area contributed by atoms with Crippen LogP contribution in [0.1, 0.15) is 20.7 Å². The maximum absolute atomic E-state index is 12.2. The average molecular weight is 337 g/mol. The summed E-state index contributed by atoms with van der Waals surface area (Å²) in [5, 5.41) is 4.60. The predicted molar refractivity (Wildman–Crippen MR) is 90.8 cm³/mol. The normalized spacial score (nSPS) is 11.3. The van der Waals surface area contributed by atoms with Gasteiger partial charge in [-0.15, -0.1) is 5.10 Å². The number of para-hydroxylation sites is 1. The molecule has 3 aromatic rings. The zero-order chi connectivity index (χ0) is 17.8. The van der Waals surface area contributed by atoms with Crippen LogP contribution in [-0.4, -0.2) is 18.9 Å². The van der Waals surface area contributed by atoms with Crippen LogP contribution >= 0.6 is 0 Å². The number of rotatable bonds is 4. The van der Waals surface area contributed by atoms with E-state index in [1.165, 1.54) is 7.11 Å². The minimum Gasteiger partial charge on any atom is -0.497 e. The molecule has 0 saturated heterocycles. The molecule has 0 saturated carbocycles. The highest BCUT2D eigenvalue weighted by Gasteiger charge is 2.10. The van der Waals surface area contributed by atoms with Crippen molar-refractivity contribution >= 4 is 22.8 Å². The second kappa shape index (κ2) is 6.88. The largest absolute Gasteiger partial charge is 0.497 e. The number of fused-ring (bicyclic) bond motifs is 1. The van der Waals surface area contributed by atoms with E-state index in [-0.39, 0.29) is 11.1 Å². The smallest absolute Gasteiger partial charge is 0.271 e. The highest BCUT2D eigenvalue weighted by Crippen LogP contribution is 2.13. The van der Waals surface area contributed by atoms with E-state index >= 15 is 0 Å². The van der Waals surface area contributed by atoms with Crippen molar-refractivity contribution in [2.24, 2.45) is 10.8 Å². The van der Waals surface area contributed by atoms with Gasteiger partial charge in [0.15, 0.2) is 0 Å². The first-order valence-electron chi connectivity index (χ1n) is 7.39. The highest BCUT2D eigenvalue weighted by atomic mass is 16.5. The first-order valence-corrected chi connectivity index (χ1v) is 7.39. The molecule has 1 aromatic heterocycles. The quantitative estimate of drug-likeness (QED) is 0.708. The van der Waals surface area contributed by atoms with Crippen molar-refractivity contribution < 1.29 is 18.7 Å². The Morgan fingerprint density at radius 3 is 2.52 bits per heavy atom. The molecule has 1 heterocycles. The number of carbonyl (C=O) groups excluding carboxylic acids is 2. The maximum atomic E-state index is 12.2. The Kier molecular flexibility index (Phi) is 4.47. The van der Waals surface area contributed by atoms with Gasteiger partial charge in [-0.25, -0.2) is 5.43 Å². The van der Waals surface area contributed by atoms with Crippen LogP contribution in [0.2, 0.25) is 0 Å². The summed E-state index contributed by atoms with van der Waals surface area (Å²) in [5.41, 5.74) is 8.64. The third kappa shape index (κ3) is 3.50. The molecule has 7 heteroatoms. The third-order valence-corrected chi connectivity index (χ3v) is 3.53. The number of nitrogens with two attached hydrogens (primary N) is 1. The molecule has 0 aliphatic heterocycles. The summed E-state index contributed by atoms with van der Waals surface area (Å²) in [6, 6.07) is 15.2. The van der Waals surface area contributed by atoms with Crippen molar-refractivity contribution in [3.8, 4) is 5.75 Å². The van der Waals surface area contributed by atoms with Gasteiger partial charge in [-0.3, -0.25) is 9.59 Å². The first-order chi connectivity index (χ1) is 12.1. The van der Waals surface area contributed by atoms with Crippen molar-refractivity contribution in [1.82, 2.24) is 5.43 Å². The molecule has 2 amide bonds. The molecule has 25 heavy (non-hydrogen) atoms. The molecule has 0 aliphatic carbocycles. The lowest BCUT2D eigenvalue weighted by Crippen LogP contribution is -2.27. The summed E-state index contributed by atoms with van der Waals surface area (Å²) in [6.07, 6.45) is 0. The van der Waals surface area contributed by atoms with E-state index in [0.29, 0.717) is 22.3 Å². The summed E-state index contributed by atoms with van der Waals surface area (Å²) in [5.74, 6) is -0.526. The number of amides is 2. The Morgan fingerprint density at radius 1 is 1.12 bits per heavy atom. The lowest BCUT2D eigenvalue weighted by Gasteiger charge is -2.03. The van der Waals surface area contributed by atoms with Gasteiger partial charge in [0.1, 0.15) is 16.9 Å². The summed E-state index contributed by atoms with van der Waals surface area (Å²) in [4.78, 5) is 23.8. The molecule has 0 bridgehead atoms. The number of hydrogen-bond donors (Lipinski definition) is 2. The van der Waals surface area contributed by atoms with Gasteiger partial charge in [-0.05, 0) is 36.4 Å². The zero-order valence-corrected chi connectivity index (χ0v) is 13.4. The van der Waals surface area contributed by atoms with Crippen LogP contribution in [0.3, 0.4) is 0 Å². The Morgan fingerprint density at radius 2 is 1.84 bits per heavy atom. The predicted octanol–water partition coefficient (Wildman–Crippen LogP) is 1.79. The van der Waals surface area contributed by atoms with Crippen LogP contribution in [0.25, 0.3) is 11.0 Å². The van der Waals surface area contributed by atoms with Crippen molar-refractivity contribution in [1.29, 1.82) is 0 Å². The fraction of sp³-hybridized carbons (Fsp3) is 0.0556. The Hall–Kier alpha value is -3.61. The van der Waals surface area contributed by atoms with Crippen molar-refractivity contribution in [2.75, 3.05) is 7.11 Å². The van der Waals surface area contributed by atoms with Gasteiger partial charge >= 0.3 is 0 Å². The van der Waals surface area contributed by atoms with Gasteiger partial charge in [-0.2, -0.15) is 0 Å². The molecule has 0 fully saturated rings. The van der Waals surface area contributed by atoms with E-state index in [1.807, 2.05) is 6.07 Å². The Bertz CT molecular complexity index is 1010. The number of carbonyl (C=O) groups is 2. The lowest BCUT2D eigenvalue weighted by atomic mass is 10.2. The monoisotopic (exact) mass is 337 g/mol. The Balaban J connectivity index is 1.95. The van der Waals surface area contributed by atoms with E-state index in [9.17, 15) is 9.59 Å². The molecule has 3 N–H and O–H groups in total. The molecule has 0 atom stereocenters. The molecule has 0 unspecified atom stereocenters. The van der Waals surface area contributed by atoms with Crippen LogP contribution in [-0.2, 0) is 0 Å². The summed E-state index contributed by atoms with van der Waals surface area (Å²) >= 11 is 0. The summed E-state index contributed by atoms with van der Waals surface area (Å²) in [7, 11) is 1.54. The highest BCUT2D eigenvalue weighted by molar-refractivity contribution is 5.96. The van der Waals surface area contributed by atoms with Crippen LogP contribution in [0, 0.1) is 0 Å². The van der Waals surface area contributed by atoms with E-state index < -0.39 is 11.8 Å². The fourth-order valence-corrected chi connectivity index (χ4v) is 2.24. The number of nitrogens with one attached hydrogen (secondary N) is 1. The first kappa shape index (κ1) is 16.3. The topological polar surface area (TPSA) is 107 Å². The fourth-order valence-electron chi connectivity index (χ4n) is 2.24. The standard InChI is InChI=1S/C18H15N3O4/c1-24-13-8-6-11(7-9-13)17(23)20-21-18-14(16(19)22)10-12-4-2-3-5-15(12)25-18/h2-10H,1H3,(H2,19,22)(H,20,23)/b21-18+. The minimum atomic E-state index is -0.702. The van der Waals surface area contributed by atoms with Crippen LogP contribution in [0.5, 0.6) is 5.75 Å². The van der Waals surface area contributed by atoms with Gasteiger partial charge in [0.05, 0.1) is 7.11 Å². The number of hydrogen-bond acceptors (Lipinski definition) is 5. The SMILES string of the molecule is COc1ccc(C(=O)N/N=c2/oc3ccccc3cc2C(N)=O)cc1. The number of ether oxygens (including phenoxy) is 1. The molecule has 0 aliphatic rings. The second-order valence-corrected chi connectivity index (χ2v) is 5.15. The molecular formula is C18H15N3O4. The Labute approximate surface area is 142 Å². The molecular weight excluding hydrogens is 322 g/mol. The van der Waals surface area contributed by atoms with Gasteiger partial charge in [0, 0.05) is 10.9 Å². The number of nitrogens with zero attached hydrogens (tertiary/aromatic N) is 1. The maximum Gasteiger partial charge on any atom is 0.271 e.